The van der Waals surface area contributed by atoms with Gasteiger partial charge in [0.15, 0.2) is 11.5 Å². The van der Waals surface area contributed by atoms with Gasteiger partial charge in [-0.25, -0.2) is 13.2 Å². The van der Waals surface area contributed by atoms with Crippen molar-refractivity contribution < 1.29 is 27.4 Å². The Morgan fingerprint density at radius 2 is 1.71 bits per heavy atom. The molecule has 2 aromatic carbocycles. The highest BCUT2D eigenvalue weighted by Gasteiger charge is 2.28. The average Bonchev–Trinajstić information content (AvgIpc) is 2.87. The molecule has 1 fully saturated rings. The van der Waals surface area contributed by atoms with Crippen molar-refractivity contribution in [2.75, 3.05) is 46.4 Å². The Balaban J connectivity index is 1.87. The van der Waals surface area contributed by atoms with E-state index in [-0.39, 0.29) is 22.9 Å². The maximum atomic E-state index is 13.5. The number of ether oxygens (including phenoxy) is 3. The molecule has 1 aliphatic rings. The van der Waals surface area contributed by atoms with Gasteiger partial charge in [-0.1, -0.05) is 12.1 Å². The van der Waals surface area contributed by atoms with Gasteiger partial charge in [0.25, 0.3) is 0 Å². The highest BCUT2D eigenvalue weighted by molar-refractivity contribution is 7.89. The number of carbonyl (C=O) groups excluding carboxylic acids is 1. The second-order valence-corrected chi connectivity index (χ2v) is 10.1. The molecule has 1 aliphatic heterocycles. The second-order valence-electron chi connectivity index (χ2n) is 8.09. The summed E-state index contributed by atoms with van der Waals surface area (Å²) in [6.07, 6.45) is 6.34. The van der Waals surface area contributed by atoms with Gasteiger partial charge in [-0.05, 0) is 60.7 Å². The first kappa shape index (κ1) is 25.6. The van der Waals surface area contributed by atoms with E-state index in [4.69, 9.17) is 9.47 Å². The third kappa shape index (κ3) is 5.90. The summed E-state index contributed by atoms with van der Waals surface area (Å²) in [4.78, 5) is 13.8. The standard InChI is InChI=1S/C25H32N2O6S/c1-26(18-19-8-11-21(12-9-19)27-14-6-5-7-15-27)34(29,30)23-17-20(10-13-24(28)32-3)16-22(31-2)25(23)33-4/h8-13,16-17H,5-7,14-15,18H2,1-4H3/b13-10+. The van der Waals surface area contributed by atoms with Gasteiger partial charge in [0.2, 0.25) is 10.0 Å². The minimum absolute atomic E-state index is 0.0497. The lowest BCUT2D eigenvalue weighted by atomic mass is 10.1. The van der Waals surface area contributed by atoms with Crippen LogP contribution in [0.2, 0.25) is 0 Å². The number of rotatable bonds is 9. The molecule has 0 aliphatic carbocycles. The van der Waals surface area contributed by atoms with Crippen molar-refractivity contribution in [3.63, 3.8) is 0 Å². The van der Waals surface area contributed by atoms with E-state index in [0.29, 0.717) is 5.56 Å². The summed E-state index contributed by atoms with van der Waals surface area (Å²) in [5.74, 6) is -0.207. The molecule has 0 unspecified atom stereocenters. The third-order valence-electron chi connectivity index (χ3n) is 5.83. The minimum atomic E-state index is -3.94. The van der Waals surface area contributed by atoms with Gasteiger partial charge in [0, 0.05) is 38.4 Å². The van der Waals surface area contributed by atoms with E-state index in [1.165, 1.54) is 70.2 Å². The van der Waals surface area contributed by atoms with E-state index < -0.39 is 16.0 Å². The van der Waals surface area contributed by atoms with Crippen molar-refractivity contribution in [3.05, 3.63) is 53.6 Å². The molecule has 34 heavy (non-hydrogen) atoms. The Morgan fingerprint density at radius 1 is 1.03 bits per heavy atom. The van der Waals surface area contributed by atoms with Gasteiger partial charge >= 0.3 is 5.97 Å². The lowest BCUT2D eigenvalue weighted by Gasteiger charge is -2.29. The third-order valence-corrected chi connectivity index (χ3v) is 7.64. The number of hydrogen-bond acceptors (Lipinski definition) is 7. The Hall–Kier alpha value is -3.04. The molecule has 0 amide bonds. The number of carbonyl (C=O) groups is 1. The van der Waals surface area contributed by atoms with Gasteiger partial charge in [-0.2, -0.15) is 4.31 Å². The van der Waals surface area contributed by atoms with Crippen LogP contribution in [-0.2, 0) is 26.1 Å². The summed E-state index contributed by atoms with van der Waals surface area (Å²) >= 11 is 0. The van der Waals surface area contributed by atoms with Crippen LogP contribution in [0, 0.1) is 0 Å². The van der Waals surface area contributed by atoms with Gasteiger partial charge in [-0.15, -0.1) is 0 Å². The maximum absolute atomic E-state index is 13.5. The molecule has 1 heterocycles. The number of methoxy groups -OCH3 is 3. The van der Waals surface area contributed by atoms with E-state index in [1.54, 1.807) is 6.07 Å². The summed E-state index contributed by atoms with van der Waals surface area (Å²) in [6.45, 7) is 2.29. The molecule has 0 radical (unpaired) electrons. The molecular formula is C25H32N2O6S. The Bertz CT molecular complexity index is 1120. The lowest BCUT2D eigenvalue weighted by Crippen LogP contribution is -2.29. The second kappa shape index (κ2) is 11.4. The molecule has 0 atom stereocenters. The van der Waals surface area contributed by atoms with Crippen LogP contribution in [0.1, 0.15) is 30.4 Å². The fourth-order valence-corrected chi connectivity index (χ4v) is 5.30. The topological polar surface area (TPSA) is 85.4 Å². The number of anilines is 1. The maximum Gasteiger partial charge on any atom is 0.330 e. The van der Waals surface area contributed by atoms with Crippen LogP contribution in [0.3, 0.4) is 0 Å². The van der Waals surface area contributed by atoms with Gasteiger partial charge < -0.3 is 19.1 Å². The van der Waals surface area contributed by atoms with Crippen molar-refractivity contribution in [1.29, 1.82) is 0 Å². The van der Waals surface area contributed by atoms with Crippen LogP contribution in [-0.4, -0.2) is 60.2 Å². The van der Waals surface area contributed by atoms with Crippen molar-refractivity contribution in [1.82, 2.24) is 4.31 Å². The predicted molar refractivity (Wildman–Crippen MR) is 132 cm³/mol. The van der Waals surface area contributed by atoms with E-state index in [1.807, 2.05) is 24.3 Å². The fraction of sp³-hybridized carbons (Fsp3) is 0.400. The number of esters is 1. The van der Waals surface area contributed by atoms with Crippen LogP contribution in [0.25, 0.3) is 6.08 Å². The molecule has 1 saturated heterocycles. The predicted octanol–water partition coefficient (Wildman–Crippen LogP) is 3.70. The first-order valence-corrected chi connectivity index (χ1v) is 12.6. The summed E-state index contributed by atoms with van der Waals surface area (Å²) in [5, 5.41) is 0. The van der Waals surface area contributed by atoms with Crippen LogP contribution in [0.15, 0.2) is 47.4 Å². The van der Waals surface area contributed by atoms with E-state index in [9.17, 15) is 13.2 Å². The zero-order valence-electron chi connectivity index (χ0n) is 20.1. The SMILES string of the molecule is COC(=O)/C=C/c1cc(OC)c(OC)c(S(=O)(=O)N(C)Cc2ccc(N3CCCCC3)cc2)c1. The monoisotopic (exact) mass is 488 g/mol. The lowest BCUT2D eigenvalue weighted by molar-refractivity contribution is -0.134. The normalized spacial score (nSPS) is 14.4. The Morgan fingerprint density at radius 3 is 2.29 bits per heavy atom. The number of benzene rings is 2. The number of hydrogen-bond donors (Lipinski definition) is 0. The molecule has 0 saturated carbocycles. The fourth-order valence-electron chi connectivity index (χ4n) is 3.94. The molecule has 8 nitrogen and oxygen atoms in total. The minimum Gasteiger partial charge on any atom is -0.493 e. The average molecular weight is 489 g/mol. The van der Waals surface area contributed by atoms with Gasteiger partial charge in [0.1, 0.15) is 4.90 Å². The molecule has 0 aromatic heterocycles. The Labute approximate surface area is 201 Å². The quantitative estimate of drug-likeness (QED) is 0.393. The van der Waals surface area contributed by atoms with E-state index >= 15 is 0 Å². The van der Waals surface area contributed by atoms with E-state index in [0.717, 1.165) is 24.3 Å². The van der Waals surface area contributed by atoms with Crippen LogP contribution in [0.5, 0.6) is 11.5 Å². The smallest absolute Gasteiger partial charge is 0.330 e. The first-order valence-electron chi connectivity index (χ1n) is 11.1. The zero-order chi connectivity index (χ0) is 24.7. The molecule has 9 heteroatoms. The summed E-state index contributed by atoms with van der Waals surface area (Å²) in [6, 6.07) is 11.1. The summed E-state index contributed by atoms with van der Waals surface area (Å²) in [7, 11) is 1.67. The van der Waals surface area contributed by atoms with Crippen molar-refractivity contribution in [2.45, 2.75) is 30.7 Å². The highest BCUT2D eigenvalue weighted by atomic mass is 32.2. The molecule has 0 bridgehead atoms. The van der Waals surface area contributed by atoms with Crippen LogP contribution >= 0.6 is 0 Å². The van der Waals surface area contributed by atoms with Crippen molar-refractivity contribution in [2.24, 2.45) is 0 Å². The summed E-state index contributed by atoms with van der Waals surface area (Å²) in [5.41, 5.74) is 2.49. The molecule has 3 rings (SSSR count). The van der Waals surface area contributed by atoms with Crippen molar-refractivity contribution >= 4 is 27.8 Å². The largest absolute Gasteiger partial charge is 0.493 e. The Kier molecular flexibility index (Phi) is 8.57. The van der Waals surface area contributed by atoms with Crippen LogP contribution < -0.4 is 14.4 Å². The van der Waals surface area contributed by atoms with Crippen molar-refractivity contribution in [3.8, 4) is 11.5 Å². The molecule has 0 spiro atoms. The number of sulfonamides is 1. The molecule has 184 valence electrons. The van der Waals surface area contributed by atoms with E-state index in [2.05, 4.69) is 9.64 Å². The molecular weight excluding hydrogens is 456 g/mol. The molecule has 2 aromatic rings. The number of nitrogens with zero attached hydrogens (tertiary/aromatic N) is 2. The number of piperidine rings is 1. The highest BCUT2D eigenvalue weighted by Crippen LogP contribution is 2.37. The van der Waals surface area contributed by atoms with Gasteiger partial charge in [-0.3, -0.25) is 0 Å². The first-order chi connectivity index (χ1) is 16.3. The zero-order valence-corrected chi connectivity index (χ0v) is 20.9. The van der Waals surface area contributed by atoms with Gasteiger partial charge in [0.05, 0.1) is 21.3 Å². The molecule has 0 N–H and O–H groups in total. The summed E-state index contributed by atoms with van der Waals surface area (Å²) < 4.78 is 43.6. The van der Waals surface area contributed by atoms with Crippen LogP contribution in [0.4, 0.5) is 5.69 Å².